The zero-order chi connectivity index (χ0) is 18.6. The van der Waals surface area contributed by atoms with Gasteiger partial charge in [0.05, 0.1) is 10.9 Å². The van der Waals surface area contributed by atoms with Crippen LogP contribution >= 0.6 is 0 Å². The van der Waals surface area contributed by atoms with E-state index in [9.17, 15) is 19.5 Å². The summed E-state index contributed by atoms with van der Waals surface area (Å²) in [6.07, 6.45) is 4.38. The number of carboxylic acid groups (broad SMARTS) is 1. The van der Waals surface area contributed by atoms with Crippen molar-refractivity contribution >= 4 is 28.9 Å². The molecule has 132 valence electrons. The summed E-state index contributed by atoms with van der Waals surface area (Å²) in [7, 11) is 0. The van der Waals surface area contributed by atoms with E-state index in [-0.39, 0.29) is 16.9 Å². The topological polar surface area (TPSA) is 96.6 Å². The van der Waals surface area contributed by atoms with Crippen molar-refractivity contribution in [3.8, 4) is 0 Å². The van der Waals surface area contributed by atoms with Gasteiger partial charge in [0.15, 0.2) is 5.43 Å². The summed E-state index contributed by atoms with van der Waals surface area (Å²) in [5, 5.41) is 12.1. The molecule has 2 N–H and O–H groups in total. The summed E-state index contributed by atoms with van der Waals surface area (Å²) in [6, 6.07) is 4.31. The van der Waals surface area contributed by atoms with Gasteiger partial charge >= 0.3 is 5.97 Å². The minimum absolute atomic E-state index is 0.205. The third-order valence-electron chi connectivity index (χ3n) is 4.15. The molecule has 0 aliphatic rings. The van der Waals surface area contributed by atoms with E-state index in [4.69, 9.17) is 4.42 Å². The highest BCUT2D eigenvalue weighted by molar-refractivity contribution is 5.94. The Kier molecular flexibility index (Phi) is 5.75. The molecule has 0 spiro atoms. The molecule has 0 aliphatic heterocycles. The normalized spacial score (nSPS) is 13.7. The van der Waals surface area contributed by atoms with Crippen LogP contribution in [0.25, 0.3) is 17.0 Å². The number of amides is 1. The van der Waals surface area contributed by atoms with Crippen LogP contribution in [0.4, 0.5) is 0 Å². The van der Waals surface area contributed by atoms with Crippen molar-refractivity contribution in [3.05, 3.63) is 51.9 Å². The highest BCUT2D eigenvalue weighted by atomic mass is 16.4. The fraction of sp³-hybridized carbons (Fsp3) is 0.316. The molecule has 0 saturated heterocycles. The van der Waals surface area contributed by atoms with Crippen LogP contribution in [-0.2, 0) is 9.59 Å². The highest BCUT2D eigenvalue weighted by Gasteiger charge is 2.24. The van der Waals surface area contributed by atoms with Crippen molar-refractivity contribution in [2.45, 2.75) is 33.2 Å². The first-order valence-electron chi connectivity index (χ1n) is 8.07. The SMILES string of the molecule is CCC(C)C(NC(=O)/C=C/c1coc2ccc(C)cc2c1=O)C(=O)O. The molecule has 6 heteroatoms. The molecule has 0 bridgehead atoms. The first-order chi connectivity index (χ1) is 11.8. The molecule has 0 radical (unpaired) electrons. The first-order valence-corrected chi connectivity index (χ1v) is 8.07. The van der Waals surface area contributed by atoms with Gasteiger partial charge < -0.3 is 14.8 Å². The molecule has 2 atom stereocenters. The molecular weight excluding hydrogens is 322 g/mol. The number of aryl methyl sites for hydroxylation is 1. The van der Waals surface area contributed by atoms with Gasteiger partial charge in [0, 0.05) is 6.08 Å². The largest absolute Gasteiger partial charge is 0.480 e. The molecule has 2 unspecified atom stereocenters. The molecule has 6 nitrogen and oxygen atoms in total. The van der Waals surface area contributed by atoms with Crippen molar-refractivity contribution in [3.63, 3.8) is 0 Å². The summed E-state index contributed by atoms with van der Waals surface area (Å²) in [6.45, 7) is 5.48. The van der Waals surface area contributed by atoms with E-state index >= 15 is 0 Å². The Labute approximate surface area is 145 Å². The lowest BCUT2D eigenvalue weighted by Crippen LogP contribution is -2.44. The minimum atomic E-state index is -1.09. The highest BCUT2D eigenvalue weighted by Crippen LogP contribution is 2.14. The monoisotopic (exact) mass is 343 g/mol. The molecule has 0 fully saturated rings. The lowest BCUT2D eigenvalue weighted by molar-refractivity contribution is -0.142. The predicted molar refractivity (Wildman–Crippen MR) is 95.3 cm³/mol. The van der Waals surface area contributed by atoms with Crippen LogP contribution < -0.4 is 10.7 Å². The van der Waals surface area contributed by atoms with Gasteiger partial charge in [-0.15, -0.1) is 0 Å². The maximum absolute atomic E-state index is 12.4. The molecule has 1 aromatic heterocycles. The van der Waals surface area contributed by atoms with Crippen LogP contribution in [0, 0.1) is 12.8 Å². The zero-order valence-electron chi connectivity index (χ0n) is 14.4. The molecule has 1 aromatic carbocycles. The van der Waals surface area contributed by atoms with Gasteiger partial charge in [-0.1, -0.05) is 31.9 Å². The number of hydrogen-bond donors (Lipinski definition) is 2. The van der Waals surface area contributed by atoms with Gasteiger partial charge in [0.1, 0.15) is 17.9 Å². The number of hydrogen-bond acceptors (Lipinski definition) is 4. The van der Waals surface area contributed by atoms with Crippen LogP contribution in [0.3, 0.4) is 0 Å². The van der Waals surface area contributed by atoms with E-state index in [1.807, 2.05) is 19.9 Å². The number of nitrogens with one attached hydrogen (secondary N) is 1. The molecule has 2 rings (SSSR count). The maximum Gasteiger partial charge on any atom is 0.326 e. The van der Waals surface area contributed by atoms with Crippen molar-refractivity contribution in [2.24, 2.45) is 5.92 Å². The Hall–Kier alpha value is -2.89. The van der Waals surface area contributed by atoms with Crippen LogP contribution in [0.2, 0.25) is 0 Å². The average molecular weight is 343 g/mol. The smallest absolute Gasteiger partial charge is 0.326 e. The van der Waals surface area contributed by atoms with Gasteiger partial charge in [-0.05, 0) is 31.1 Å². The average Bonchev–Trinajstić information content (AvgIpc) is 2.58. The Bertz CT molecular complexity index is 881. The summed E-state index contributed by atoms with van der Waals surface area (Å²) >= 11 is 0. The summed E-state index contributed by atoms with van der Waals surface area (Å²) in [5.74, 6) is -1.86. The fourth-order valence-corrected chi connectivity index (χ4v) is 2.42. The van der Waals surface area contributed by atoms with Crippen molar-refractivity contribution in [2.75, 3.05) is 0 Å². The summed E-state index contributed by atoms with van der Waals surface area (Å²) < 4.78 is 5.41. The maximum atomic E-state index is 12.4. The summed E-state index contributed by atoms with van der Waals surface area (Å²) in [5.41, 5.74) is 1.38. The Morgan fingerprint density at radius 1 is 1.36 bits per heavy atom. The number of aliphatic carboxylic acids is 1. The molecule has 1 heterocycles. The van der Waals surface area contributed by atoms with Gasteiger partial charge in [0.25, 0.3) is 0 Å². The van der Waals surface area contributed by atoms with Crippen LogP contribution in [0.15, 0.2) is 39.7 Å². The number of carbonyl (C=O) groups is 2. The molecule has 0 aliphatic carbocycles. The number of carbonyl (C=O) groups excluding carboxylic acids is 1. The first kappa shape index (κ1) is 18.4. The number of fused-ring (bicyclic) bond motifs is 1. The van der Waals surface area contributed by atoms with E-state index in [1.165, 1.54) is 12.3 Å². The van der Waals surface area contributed by atoms with E-state index in [0.717, 1.165) is 11.6 Å². The van der Waals surface area contributed by atoms with E-state index in [2.05, 4.69) is 5.32 Å². The molecular formula is C19H21NO5. The lowest BCUT2D eigenvalue weighted by Gasteiger charge is -2.19. The molecule has 2 aromatic rings. The number of carboxylic acids is 1. The molecule has 1 amide bonds. The number of benzene rings is 1. The zero-order valence-corrected chi connectivity index (χ0v) is 14.4. The predicted octanol–water partition coefficient (Wildman–Crippen LogP) is 2.73. The second-order valence-corrected chi connectivity index (χ2v) is 6.06. The fourth-order valence-electron chi connectivity index (χ4n) is 2.42. The standard InChI is InChI=1S/C19H21NO5/c1-4-12(3)17(19(23)24)20-16(21)8-6-13-10-25-15-7-5-11(2)9-14(15)18(13)22/h5-10,12,17H,4H2,1-3H3,(H,20,21)(H,23,24)/b8-6+. The lowest BCUT2D eigenvalue weighted by atomic mass is 9.99. The van der Waals surface area contributed by atoms with Gasteiger partial charge in [0.2, 0.25) is 5.91 Å². The van der Waals surface area contributed by atoms with Gasteiger partial charge in [-0.2, -0.15) is 0 Å². The van der Waals surface area contributed by atoms with Crippen molar-refractivity contribution < 1.29 is 19.1 Å². The van der Waals surface area contributed by atoms with Crippen molar-refractivity contribution in [1.29, 1.82) is 0 Å². The van der Waals surface area contributed by atoms with E-state index in [1.54, 1.807) is 19.1 Å². The van der Waals surface area contributed by atoms with E-state index < -0.39 is 17.9 Å². The minimum Gasteiger partial charge on any atom is -0.480 e. The quantitative estimate of drug-likeness (QED) is 0.786. The second-order valence-electron chi connectivity index (χ2n) is 6.06. The third-order valence-corrected chi connectivity index (χ3v) is 4.15. The molecule has 25 heavy (non-hydrogen) atoms. The van der Waals surface area contributed by atoms with Crippen LogP contribution in [-0.4, -0.2) is 23.0 Å². The van der Waals surface area contributed by atoms with Crippen LogP contribution in [0.1, 0.15) is 31.4 Å². The third kappa shape index (κ3) is 4.35. The van der Waals surface area contributed by atoms with E-state index in [0.29, 0.717) is 17.4 Å². The second kappa shape index (κ2) is 7.79. The Morgan fingerprint density at radius 2 is 2.08 bits per heavy atom. The summed E-state index contributed by atoms with van der Waals surface area (Å²) in [4.78, 5) is 35.7. The van der Waals surface area contributed by atoms with Crippen molar-refractivity contribution in [1.82, 2.24) is 5.32 Å². The Balaban J connectivity index is 2.22. The van der Waals surface area contributed by atoms with Gasteiger partial charge in [-0.3, -0.25) is 9.59 Å². The van der Waals surface area contributed by atoms with Crippen LogP contribution in [0.5, 0.6) is 0 Å². The molecule has 0 saturated carbocycles. The Morgan fingerprint density at radius 3 is 2.72 bits per heavy atom. The number of rotatable bonds is 6. The van der Waals surface area contributed by atoms with Gasteiger partial charge in [-0.25, -0.2) is 4.79 Å².